The van der Waals surface area contributed by atoms with Crippen molar-refractivity contribution in [3.8, 4) is 11.3 Å². The molecule has 0 aliphatic carbocycles. The molecule has 0 aromatic carbocycles. The van der Waals surface area contributed by atoms with Crippen LogP contribution >= 0.6 is 0 Å². The summed E-state index contributed by atoms with van der Waals surface area (Å²) < 4.78 is 1.44. The minimum Gasteiger partial charge on any atom is -0.387 e. The lowest BCUT2D eigenvalue weighted by Gasteiger charge is -2.14. The third-order valence-corrected chi connectivity index (χ3v) is 3.84. The van der Waals surface area contributed by atoms with Gasteiger partial charge in [-0.2, -0.15) is 0 Å². The first-order valence-corrected chi connectivity index (χ1v) is 8.14. The largest absolute Gasteiger partial charge is 0.387 e. The smallest absolute Gasteiger partial charge is 0.264 e. The molecule has 0 aliphatic heterocycles. The first-order chi connectivity index (χ1) is 11.9. The van der Waals surface area contributed by atoms with Gasteiger partial charge >= 0.3 is 0 Å². The second-order valence-corrected chi connectivity index (χ2v) is 6.36. The van der Waals surface area contributed by atoms with E-state index in [1.54, 1.807) is 32.3 Å². The predicted octanol–water partition coefficient (Wildman–Crippen LogP) is 2.26. The van der Waals surface area contributed by atoms with E-state index < -0.39 is 6.10 Å². The molecular formula is C18H21N5O2. The molecule has 0 bridgehead atoms. The molecule has 0 aliphatic rings. The molecule has 0 radical (unpaired) electrons. The standard InChI is InChI=1S/C18H21N5O2/c1-10(2)21-17-16-15(20-9-23(4)18(16)25)7-14(22-17)12-5-6-13(11(3)24)19-8-12/h5-11,24H,1-4H3,(H,21,22). The molecule has 2 N–H and O–H groups in total. The van der Waals surface area contributed by atoms with E-state index in [-0.39, 0.29) is 11.6 Å². The van der Waals surface area contributed by atoms with Crippen LogP contribution in [0.3, 0.4) is 0 Å². The van der Waals surface area contributed by atoms with E-state index in [1.807, 2.05) is 19.9 Å². The van der Waals surface area contributed by atoms with Crippen LogP contribution in [0.1, 0.15) is 32.6 Å². The van der Waals surface area contributed by atoms with E-state index in [9.17, 15) is 9.90 Å². The van der Waals surface area contributed by atoms with Crippen LogP contribution in [-0.2, 0) is 7.05 Å². The van der Waals surface area contributed by atoms with Crippen LogP contribution in [-0.4, -0.2) is 30.7 Å². The predicted molar refractivity (Wildman–Crippen MR) is 97.4 cm³/mol. The summed E-state index contributed by atoms with van der Waals surface area (Å²) in [6, 6.07) is 5.51. The molecule has 0 saturated carbocycles. The van der Waals surface area contributed by atoms with Crippen LogP contribution in [0.4, 0.5) is 5.82 Å². The number of hydrogen-bond donors (Lipinski definition) is 2. The number of nitrogens with one attached hydrogen (secondary N) is 1. The lowest BCUT2D eigenvalue weighted by molar-refractivity contribution is 0.194. The number of pyridine rings is 2. The maximum absolute atomic E-state index is 12.5. The number of anilines is 1. The summed E-state index contributed by atoms with van der Waals surface area (Å²) in [6.07, 6.45) is 2.54. The van der Waals surface area contributed by atoms with Crippen molar-refractivity contribution in [2.75, 3.05) is 5.32 Å². The molecule has 1 atom stereocenters. The summed E-state index contributed by atoms with van der Waals surface area (Å²) in [6.45, 7) is 5.64. The lowest BCUT2D eigenvalue weighted by Crippen LogP contribution is -2.21. The highest BCUT2D eigenvalue weighted by molar-refractivity contribution is 5.91. The molecule has 0 saturated heterocycles. The Morgan fingerprint density at radius 2 is 1.96 bits per heavy atom. The van der Waals surface area contributed by atoms with Crippen LogP contribution in [0, 0.1) is 0 Å². The monoisotopic (exact) mass is 339 g/mol. The Hall–Kier alpha value is -2.80. The number of aliphatic hydroxyl groups is 1. The van der Waals surface area contributed by atoms with Gasteiger partial charge in [0, 0.05) is 24.8 Å². The first kappa shape index (κ1) is 17.0. The van der Waals surface area contributed by atoms with Gasteiger partial charge in [-0.25, -0.2) is 9.97 Å². The zero-order chi connectivity index (χ0) is 18.1. The Morgan fingerprint density at radius 1 is 1.20 bits per heavy atom. The number of aliphatic hydroxyl groups excluding tert-OH is 1. The van der Waals surface area contributed by atoms with E-state index in [0.29, 0.717) is 28.1 Å². The Balaban J connectivity index is 2.19. The molecule has 3 heterocycles. The second kappa shape index (κ2) is 6.60. The van der Waals surface area contributed by atoms with Crippen LogP contribution in [0.2, 0.25) is 0 Å². The molecule has 25 heavy (non-hydrogen) atoms. The number of rotatable bonds is 4. The summed E-state index contributed by atoms with van der Waals surface area (Å²) in [5.74, 6) is 0.510. The topological polar surface area (TPSA) is 92.9 Å². The summed E-state index contributed by atoms with van der Waals surface area (Å²) in [4.78, 5) is 25.7. The third kappa shape index (κ3) is 3.36. The Labute approximate surface area is 145 Å². The molecule has 130 valence electrons. The summed E-state index contributed by atoms with van der Waals surface area (Å²) in [5.41, 5.74) is 2.49. The summed E-state index contributed by atoms with van der Waals surface area (Å²) in [5, 5.41) is 13.3. The van der Waals surface area contributed by atoms with Gasteiger partial charge in [0.05, 0.1) is 29.3 Å². The highest BCUT2D eigenvalue weighted by Gasteiger charge is 2.14. The molecular weight excluding hydrogens is 318 g/mol. The Bertz CT molecular complexity index is 962. The van der Waals surface area contributed by atoms with Crippen molar-refractivity contribution in [2.24, 2.45) is 7.05 Å². The van der Waals surface area contributed by atoms with Gasteiger partial charge in [-0.05, 0) is 39.0 Å². The van der Waals surface area contributed by atoms with E-state index in [0.717, 1.165) is 5.56 Å². The molecule has 3 aromatic heterocycles. The van der Waals surface area contributed by atoms with E-state index in [1.165, 1.54) is 10.9 Å². The lowest BCUT2D eigenvalue weighted by atomic mass is 10.1. The molecule has 7 heteroatoms. The van der Waals surface area contributed by atoms with Gasteiger partial charge in [0.1, 0.15) is 11.2 Å². The molecule has 3 rings (SSSR count). The van der Waals surface area contributed by atoms with E-state index >= 15 is 0 Å². The quantitative estimate of drug-likeness (QED) is 0.757. The van der Waals surface area contributed by atoms with Gasteiger partial charge in [-0.15, -0.1) is 0 Å². The highest BCUT2D eigenvalue weighted by Crippen LogP contribution is 2.25. The van der Waals surface area contributed by atoms with Gasteiger partial charge in [-0.3, -0.25) is 9.78 Å². The van der Waals surface area contributed by atoms with Gasteiger partial charge in [-0.1, -0.05) is 0 Å². The fraction of sp³-hybridized carbons (Fsp3) is 0.333. The summed E-state index contributed by atoms with van der Waals surface area (Å²) in [7, 11) is 1.67. The van der Waals surface area contributed by atoms with Crippen LogP contribution < -0.4 is 10.9 Å². The zero-order valence-corrected chi connectivity index (χ0v) is 14.7. The molecule has 3 aromatic rings. The summed E-state index contributed by atoms with van der Waals surface area (Å²) >= 11 is 0. The van der Waals surface area contributed by atoms with Gasteiger partial charge in [0.2, 0.25) is 0 Å². The van der Waals surface area contributed by atoms with E-state index in [2.05, 4.69) is 20.3 Å². The molecule has 0 amide bonds. The van der Waals surface area contributed by atoms with Crippen molar-refractivity contribution in [3.05, 3.63) is 46.8 Å². The normalized spacial score (nSPS) is 12.6. The van der Waals surface area contributed by atoms with Crippen molar-refractivity contribution < 1.29 is 5.11 Å². The number of aryl methyl sites for hydroxylation is 1. The number of nitrogens with zero attached hydrogens (tertiary/aromatic N) is 4. The van der Waals surface area contributed by atoms with Crippen molar-refractivity contribution in [3.63, 3.8) is 0 Å². The highest BCUT2D eigenvalue weighted by atomic mass is 16.3. The van der Waals surface area contributed by atoms with Crippen molar-refractivity contribution in [1.29, 1.82) is 0 Å². The average molecular weight is 339 g/mol. The van der Waals surface area contributed by atoms with Crippen molar-refractivity contribution >= 4 is 16.7 Å². The van der Waals surface area contributed by atoms with Crippen molar-refractivity contribution in [1.82, 2.24) is 19.5 Å². The Kier molecular flexibility index (Phi) is 4.50. The molecule has 1 unspecified atom stereocenters. The minimum atomic E-state index is -0.624. The SMILES string of the molecule is CC(C)Nc1nc(-c2ccc(C(C)O)nc2)cc2ncn(C)c(=O)c12. The molecule has 0 fully saturated rings. The fourth-order valence-corrected chi connectivity index (χ4v) is 2.55. The third-order valence-electron chi connectivity index (χ3n) is 3.84. The fourth-order valence-electron chi connectivity index (χ4n) is 2.55. The maximum Gasteiger partial charge on any atom is 0.264 e. The van der Waals surface area contributed by atoms with Gasteiger partial charge in [0.25, 0.3) is 5.56 Å². The zero-order valence-electron chi connectivity index (χ0n) is 14.7. The number of hydrogen-bond acceptors (Lipinski definition) is 6. The second-order valence-electron chi connectivity index (χ2n) is 6.36. The maximum atomic E-state index is 12.5. The van der Waals surface area contributed by atoms with E-state index in [4.69, 9.17) is 0 Å². The minimum absolute atomic E-state index is 0.117. The van der Waals surface area contributed by atoms with Crippen LogP contribution in [0.15, 0.2) is 35.5 Å². The van der Waals surface area contributed by atoms with Crippen LogP contribution in [0.25, 0.3) is 22.2 Å². The van der Waals surface area contributed by atoms with Crippen molar-refractivity contribution in [2.45, 2.75) is 32.9 Å². The van der Waals surface area contributed by atoms with Crippen LogP contribution in [0.5, 0.6) is 0 Å². The number of fused-ring (bicyclic) bond motifs is 1. The number of aromatic nitrogens is 4. The first-order valence-electron chi connectivity index (χ1n) is 8.14. The average Bonchev–Trinajstić information content (AvgIpc) is 2.57. The van der Waals surface area contributed by atoms with Gasteiger partial charge < -0.3 is 15.0 Å². The van der Waals surface area contributed by atoms with Gasteiger partial charge in [0.15, 0.2) is 0 Å². The Morgan fingerprint density at radius 3 is 2.56 bits per heavy atom. The molecule has 0 spiro atoms. The molecule has 7 nitrogen and oxygen atoms in total.